The van der Waals surface area contributed by atoms with E-state index in [1.54, 1.807) is 13.0 Å². The van der Waals surface area contributed by atoms with E-state index in [1.807, 2.05) is 12.1 Å². The second-order valence-electron chi connectivity index (χ2n) is 6.03. The lowest BCUT2D eigenvalue weighted by Gasteiger charge is -2.37. The molecule has 1 aliphatic rings. The molecule has 0 amide bonds. The van der Waals surface area contributed by atoms with Crippen molar-refractivity contribution >= 4 is 0 Å². The van der Waals surface area contributed by atoms with Gasteiger partial charge in [0, 0.05) is 18.6 Å². The second kappa shape index (κ2) is 6.02. The van der Waals surface area contributed by atoms with Gasteiger partial charge in [-0.1, -0.05) is 19.1 Å². The number of nitrogens with zero attached hydrogens (tertiary/aromatic N) is 1. The van der Waals surface area contributed by atoms with Gasteiger partial charge in [0.25, 0.3) is 0 Å². The minimum atomic E-state index is -0.109. The maximum Gasteiger partial charge on any atom is 0.126 e. The molecular weight excluding hydrogens is 239 g/mol. The zero-order chi connectivity index (χ0) is 14.0. The lowest BCUT2D eigenvalue weighted by atomic mass is 9.92. The maximum atomic E-state index is 13.6. The summed E-state index contributed by atoms with van der Waals surface area (Å²) in [5, 5.41) is 3.66. The first-order valence-corrected chi connectivity index (χ1v) is 7.18. The summed E-state index contributed by atoms with van der Waals surface area (Å²) < 4.78 is 13.6. The fraction of sp³-hybridized carbons (Fsp3) is 0.625. The van der Waals surface area contributed by atoms with E-state index in [4.69, 9.17) is 0 Å². The molecule has 106 valence electrons. The first-order valence-electron chi connectivity index (χ1n) is 7.18. The number of piperidine rings is 1. The van der Waals surface area contributed by atoms with E-state index in [0.29, 0.717) is 17.5 Å². The second-order valence-corrected chi connectivity index (χ2v) is 6.03. The van der Waals surface area contributed by atoms with Gasteiger partial charge in [-0.25, -0.2) is 4.39 Å². The Hall–Kier alpha value is -0.930. The van der Waals surface area contributed by atoms with E-state index in [0.717, 1.165) is 25.1 Å². The van der Waals surface area contributed by atoms with Crippen LogP contribution in [-0.2, 0) is 0 Å². The highest BCUT2D eigenvalue weighted by Gasteiger charge is 2.25. The normalized spacial score (nSPS) is 26.4. The molecule has 0 radical (unpaired) electrons. The third-order valence-corrected chi connectivity index (χ3v) is 4.27. The van der Waals surface area contributed by atoms with E-state index in [9.17, 15) is 4.39 Å². The molecule has 3 atom stereocenters. The van der Waals surface area contributed by atoms with E-state index in [2.05, 4.69) is 31.1 Å². The van der Waals surface area contributed by atoms with E-state index in [-0.39, 0.29) is 11.9 Å². The molecule has 0 saturated carbocycles. The molecule has 2 rings (SSSR count). The molecule has 19 heavy (non-hydrogen) atoms. The highest BCUT2D eigenvalue weighted by atomic mass is 19.1. The van der Waals surface area contributed by atoms with Crippen LogP contribution in [0, 0.1) is 18.7 Å². The van der Waals surface area contributed by atoms with Crippen molar-refractivity contribution in [3.8, 4) is 0 Å². The number of nitrogens with one attached hydrogen (secondary N) is 1. The van der Waals surface area contributed by atoms with Gasteiger partial charge in [0.2, 0.25) is 0 Å². The van der Waals surface area contributed by atoms with Gasteiger partial charge >= 0.3 is 0 Å². The van der Waals surface area contributed by atoms with Crippen LogP contribution in [0.15, 0.2) is 18.2 Å². The Labute approximate surface area is 116 Å². The minimum absolute atomic E-state index is 0.109. The van der Waals surface area contributed by atoms with Crippen LogP contribution in [0.5, 0.6) is 0 Å². The number of rotatable bonds is 3. The summed E-state index contributed by atoms with van der Waals surface area (Å²) in [7, 11) is 2.17. The predicted octanol–water partition coefficient (Wildman–Crippen LogP) is 3.12. The van der Waals surface area contributed by atoms with Crippen molar-refractivity contribution in [1.82, 2.24) is 10.2 Å². The van der Waals surface area contributed by atoms with Crippen molar-refractivity contribution in [2.24, 2.45) is 5.92 Å². The Morgan fingerprint density at radius 1 is 1.42 bits per heavy atom. The van der Waals surface area contributed by atoms with Crippen molar-refractivity contribution in [3.05, 3.63) is 35.1 Å². The molecule has 1 saturated heterocycles. The molecule has 0 spiro atoms. The summed E-state index contributed by atoms with van der Waals surface area (Å²) in [5.74, 6) is 0.527. The lowest BCUT2D eigenvalue weighted by molar-refractivity contribution is 0.168. The van der Waals surface area contributed by atoms with Crippen LogP contribution >= 0.6 is 0 Å². The highest BCUT2D eigenvalue weighted by molar-refractivity contribution is 5.25. The van der Waals surface area contributed by atoms with E-state index in [1.165, 1.54) is 0 Å². The zero-order valence-electron chi connectivity index (χ0n) is 12.4. The summed E-state index contributed by atoms with van der Waals surface area (Å²) in [6.45, 7) is 8.48. The molecule has 3 heteroatoms. The average molecular weight is 264 g/mol. The lowest BCUT2D eigenvalue weighted by Crippen LogP contribution is -2.47. The third kappa shape index (κ3) is 3.54. The average Bonchev–Trinajstić information content (AvgIpc) is 2.36. The smallest absolute Gasteiger partial charge is 0.126 e. The van der Waals surface area contributed by atoms with Gasteiger partial charge < -0.3 is 10.2 Å². The Bertz CT molecular complexity index is 433. The van der Waals surface area contributed by atoms with Crippen LogP contribution in [0.4, 0.5) is 4.39 Å². The SMILES string of the molecule is Cc1ccc(C(C)NC2CCN(C)CC2C)cc1F. The van der Waals surface area contributed by atoms with Crippen molar-refractivity contribution in [2.75, 3.05) is 20.1 Å². The Morgan fingerprint density at radius 3 is 2.79 bits per heavy atom. The van der Waals surface area contributed by atoms with Crippen molar-refractivity contribution in [3.63, 3.8) is 0 Å². The van der Waals surface area contributed by atoms with Crippen molar-refractivity contribution in [2.45, 2.75) is 39.3 Å². The number of hydrogen-bond acceptors (Lipinski definition) is 2. The molecule has 1 N–H and O–H groups in total. The number of likely N-dealkylation sites (tertiary alicyclic amines) is 1. The molecule has 0 aliphatic carbocycles. The summed E-state index contributed by atoms with van der Waals surface area (Å²) in [5.41, 5.74) is 1.75. The minimum Gasteiger partial charge on any atom is -0.307 e. The van der Waals surface area contributed by atoms with Crippen LogP contribution in [0.3, 0.4) is 0 Å². The Kier molecular flexibility index (Phi) is 4.58. The van der Waals surface area contributed by atoms with Gasteiger partial charge in [-0.2, -0.15) is 0 Å². The molecule has 0 aromatic heterocycles. The summed E-state index contributed by atoms with van der Waals surface area (Å²) in [6.07, 6.45) is 1.16. The fourth-order valence-corrected chi connectivity index (χ4v) is 2.90. The molecule has 3 unspecified atom stereocenters. The molecule has 2 nitrogen and oxygen atoms in total. The zero-order valence-corrected chi connectivity index (χ0v) is 12.4. The molecule has 1 aliphatic heterocycles. The third-order valence-electron chi connectivity index (χ3n) is 4.27. The highest BCUT2D eigenvalue weighted by Crippen LogP contribution is 2.21. The summed E-state index contributed by atoms with van der Waals surface area (Å²) in [4.78, 5) is 2.37. The number of aryl methyl sites for hydroxylation is 1. The molecule has 1 fully saturated rings. The van der Waals surface area contributed by atoms with Gasteiger partial charge in [0.05, 0.1) is 0 Å². The van der Waals surface area contributed by atoms with Crippen LogP contribution < -0.4 is 5.32 Å². The largest absolute Gasteiger partial charge is 0.307 e. The first kappa shape index (κ1) is 14.5. The van der Waals surface area contributed by atoms with Crippen molar-refractivity contribution in [1.29, 1.82) is 0 Å². The standard InChI is InChI=1S/C16H25FN2/c1-11-5-6-14(9-15(11)17)13(3)18-16-7-8-19(4)10-12(16)2/h5-6,9,12-13,16,18H,7-8,10H2,1-4H3. The molecule has 1 heterocycles. The Balaban J connectivity index is 2.00. The maximum absolute atomic E-state index is 13.6. The number of benzene rings is 1. The van der Waals surface area contributed by atoms with Crippen molar-refractivity contribution < 1.29 is 4.39 Å². The number of hydrogen-bond donors (Lipinski definition) is 1. The van der Waals surface area contributed by atoms with Gasteiger partial charge in [0.15, 0.2) is 0 Å². The summed E-state index contributed by atoms with van der Waals surface area (Å²) in [6, 6.07) is 6.27. The molecule has 1 aromatic rings. The van der Waals surface area contributed by atoms with Crippen LogP contribution in [0.1, 0.15) is 37.4 Å². The first-order chi connectivity index (χ1) is 8.97. The predicted molar refractivity (Wildman–Crippen MR) is 77.8 cm³/mol. The monoisotopic (exact) mass is 264 g/mol. The Morgan fingerprint density at radius 2 is 2.16 bits per heavy atom. The van der Waals surface area contributed by atoms with Gasteiger partial charge in [-0.05, 0) is 57.0 Å². The quantitative estimate of drug-likeness (QED) is 0.902. The molecular formula is C16H25FN2. The van der Waals surface area contributed by atoms with Gasteiger partial charge in [-0.15, -0.1) is 0 Å². The van der Waals surface area contributed by atoms with Gasteiger partial charge in [0.1, 0.15) is 5.82 Å². The number of halogens is 1. The molecule has 1 aromatic carbocycles. The molecule has 0 bridgehead atoms. The van der Waals surface area contributed by atoms with Gasteiger partial charge in [-0.3, -0.25) is 0 Å². The van der Waals surface area contributed by atoms with Crippen LogP contribution in [0.2, 0.25) is 0 Å². The summed E-state index contributed by atoms with van der Waals surface area (Å²) >= 11 is 0. The van der Waals surface area contributed by atoms with E-state index < -0.39 is 0 Å². The van der Waals surface area contributed by atoms with E-state index >= 15 is 0 Å². The van der Waals surface area contributed by atoms with Crippen LogP contribution in [-0.4, -0.2) is 31.1 Å². The fourth-order valence-electron chi connectivity index (χ4n) is 2.90. The topological polar surface area (TPSA) is 15.3 Å². The van der Waals surface area contributed by atoms with Crippen LogP contribution in [0.25, 0.3) is 0 Å².